The molecule has 16 heavy (non-hydrogen) atoms. The van der Waals surface area contributed by atoms with Gasteiger partial charge in [0, 0.05) is 26.4 Å². The minimum Gasteiger partial charge on any atom is -0.385 e. The number of nitrogens with two attached hydrogens (primary N) is 1. The molecule has 0 saturated heterocycles. The number of ether oxygens (including phenoxy) is 2. The van der Waals surface area contributed by atoms with Crippen LogP contribution in [0.4, 0.5) is 0 Å². The van der Waals surface area contributed by atoms with Crippen LogP contribution in [-0.4, -0.2) is 41.9 Å². The normalized spacial score (nSPS) is 12.9. The summed E-state index contributed by atoms with van der Waals surface area (Å²) in [6.07, 6.45) is 2.77. The zero-order valence-corrected chi connectivity index (χ0v) is 9.93. The fraction of sp³-hybridized carbons (Fsp3) is 0.800. The number of hydrogen-bond donors (Lipinski definition) is 1. The fourth-order valence-corrected chi connectivity index (χ4v) is 1.20. The summed E-state index contributed by atoms with van der Waals surface area (Å²) in [5.41, 5.74) is 6.48. The molecule has 2 N–H and O–H groups in total. The lowest BCUT2D eigenvalue weighted by molar-refractivity contribution is 0.0958. The van der Waals surface area contributed by atoms with Crippen LogP contribution >= 0.6 is 0 Å². The molecule has 1 unspecified atom stereocenters. The molecule has 0 radical (unpaired) electrons. The Balaban J connectivity index is 2.12. The van der Waals surface area contributed by atoms with Crippen molar-refractivity contribution in [3.8, 4) is 0 Å². The second-order valence-electron chi connectivity index (χ2n) is 3.65. The van der Waals surface area contributed by atoms with Gasteiger partial charge in [-0.25, -0.2) is 4.68 Å². The summed E-state index contributed by atoms with van der Waals surface area (Å²) < 4.78 is 12.1. The van der Waals surface area contributed by atoms with E-state index in [2.05, 4.69) is 10.3 Å². The van der Waals surface area contributed by atoms with Crippen molar-refractivity contribution in [2.24, 2.45) is 5.73 Å². The summed E-state index contributed by atoms with van der Waals surface area (Å²) >= 11 is 0. The van der Waals surface area contributed by atoms with Crippen LogP contribution in [0.2, 0.25) is 0 Å². The maximum Gasteiger partial charge on any atom is 0.0991 e. The first-order valence-corrected chi connectivity index (χ1v) is 5.46. The molecule has 1 atom stereocenters. The average Bonchev–Trinajstić information content (AvgIpc) is 2.72. The number of rotatable bonds is 8. The van der Waals surface area contributed by atoms with Gasteiger partial charge in [-0.05, 0) is 13.3 Å². The summed E-state index contributed by atoms with van der Waals surface area (Å²) in [6, 6.07) is -0.0728. The number of aromatic nitrogens is 3. The molecule has 0 saturated carbocycles. The second-order valence-corrected chi connectivity index (χ2v) is 3.65. The van der Waals surface area contributed by atoms with E-state index in [1.54, 1.807) is 11.8 Å². The molecule has 1 rings (SSSR count). The van der Waals surface area contributed by atoms with Crippen LogP contribution in [0.25, 0.3) is 0 Å². The van der Waals surface area contributed by atoms with Crippen LogP contribution in [-0.2, 0) is 16.0 Å². The molecule has 0 amide bonds. The van der Waals surface area contributed by atoms with Gasteiger partial charge >= 0.3 is 0 Å². The van der Waals surface area contributed by atoms with Gasteiger partial charge in [0.15, 0.2) is 0 Å². The predicted molar refractivity (Wildman–Crippen MR) is 59.9 cm³/mol. The van der Waals surface area contributed by atoms with Gasteiger partial charge in [-0.3, -0.25) is 0 Å². The van der Waals surface area contributed by atoms with E-state index >= 15 is 0 Å². The van der Waals surface area contributed by atoms with Gasteiger partial charge in [0.25, 0.3) is 0 Å². The molecule has 0 aliphatic carbocycles. The largest absolute Gasteiger partial charge is 0.385 e. The van der Waals surface area contributed by atoms with E-state index in [1.807, 2.05) is 13.1 Å². The third-order valence-electron chi connectivity index (χ3n) is 2.12. The zero-order valence-electron chi connectivity index (χ0n) is 9.93. The van der Waals surface area contributed by atoms with E-state index < -0.39 is 0 Å². The number of methoxy groups -OCH3 is 1. The van der Waals surface area contributed by atoms with Crippen LogP contribution in [0.5, 0.6) is 0 Å². The summed E-state index contributed by atoms with van der Waals surface area (Å²) in [5.74, 6) is 0. The second kappa shape index (κ2) is 7.32. The highest BCUT2D eigenvalue weighted by Gasteiger charge is 2.04. The lowest BCUT2D eigenvalue weighted by Crippen LogP contribution is -2.08. The molecule has 92 valence electrons. The summed E-state index contributed by atoms with van der Waals surface area (Å²) in [7, 11) is 1.69. The topological polar surface area (TPSA) is 75.2 Å². The first-order chi connectivity index (χ1) is 7.74. The standard InChI is InChI=1S/C10H20N4O2/c1-9(11)10-8-14(13-12-10)4-7-16-6-3-5-15-2/h8-9H,3-7,11H2,1-2H3. The Hall–Kier alpha value is -0.980. The van der Waals surface area contributed by atoms with Crippen LogP contribution in [0.15, 0.2) is 6.20 Å². The highest BCUT2D eigenvalue weighted by Crippen LogP contribution is 2.02. The van der Waals surface area contributed by atoms with Crippen molar-refractivity contribution in [2.45, 2.75) is 25.9 Å². The SMILES string of the molecule is COCCCOCCn1cc(C(C)N)nn1. The van der Waals surface area contributed by atoms with E-state index in [1.165, 1.54) is 0 Å². The molecule has 0 aromatic carbocycles. The molecule has 0 spiro atoms. The Bertz CT molecular complexity index is 288. The maximum absolute atomic E-state index is 5.68. The molecule has 0 aliphatic rings. The highest BCUT2D eigenvalue weighted by molar-refractivity contribution is 4.97. The van der Waals surface area contributed by atoms with Gasteiger partial charge in [-0.2, -0.15) is 0 Å². The minimum atomic E-state index is -0.0728. The molecule has 0 bridgehead atoms. The number of hydrogen-bond acceptors (Lipinski definition) is 5. The van der Waals surface area contributed by atoms with E-state index in [4.69, 9.17) is 15.2 Å². The Kier molecular flexibility index (Phi) is 5.99. The Morgan fingerprint density at radius 3 is 2.88 bits per heavy atom. The lowest BCUT2D eigenvalue weighted by atomic mass is 10.3. The molecule has 6 heteroatoms. The highest BCUT2D eigenvalue weighted by atomic mass is 16.5. The summed E-state index contributed by atoms with van der Waals surface area (Å²) in [5, 5.41) is 7.91. The monoisotopic (exact) mass is 228 g/mol. The van der Waals surface area contributed by atoms with Gasteiger partial charge in [0.2, 0.25) is 0 Å². The van der Waals surface area contributed by atoms with Crippen molar-refractivity contribution >= 4 is 0 Å². The third kappa shape index (κ3) is 4.69. The quantitative estimate of drug-likeness (QED) is 0.650. The van der Waals surface area contributed by atoms with Gasteiger partial charge in [0.1, 0.15) is 0 Å². The molecule has 1 aromatic rings. The predicted octanol–water partition coefficient (Wildman–Crippen LogP) is 0.351. The van der Waals surface area contributed by atoms with E-state index in [-0.39, 0.29) is 6.04 Å². The fourth-order valence-electron chi connectivity index (χ4n) is 1.20. The van der Waals surface area contributed by atoms with Crippen LogP contribution in [0.1, 0.15) is 25.1 Å². The van der Waals surface area contributed by atoms with Crippen LogP contribution < -0.4 is 5.73 Å². The summed E-state index contributed by atoms with van der Waals surface area (Å²) in [4.78, 5) is 0. The smallest absolute Gasteiger partial charge is 0.0991 e. The minimum absolute atomic E-state index is 0.0728. The maximum atomic E-state index is 5.68. The number of nitrogens with zero attached hydrogens (tertiary/aromatic N) is 3. The average molecular weight is 228 g/mol. The van der Waals surface area contributed by atoms with Crippen molar-refractivity contribution in [1.29, 1.82) is 0 Å². The van der Waals surface area contributed by atoms with E-state index in [9.17, 15) is 0 Å². The molecule has 6 nitrogen and oxygen atoms in total. The molecule has 0 fully saturated rings. The van der Waals surface area contributed by atoms with Crippen molar-refractivity contribution in [3.63, 3.8) is 0 Å². The molecule has 1 aromatic heterocycles. The summed E-state index contributed by atoms with van der Waals surface area (Å²) in [6.45, 7) is 4.66. The van der Waals surface area contributed by atoms with Crippen molar-refractivity contribution < 1.29 is 9.47 Å². The zero-order chi connectivity index (χ0) is 11.8. The Morgan fingerprint density at radius 2 is 2.25 bits per heavy atom. The Labute approximate surface area is 95.7 Å². The van der Waals surface area contributed by atoms with Gasteiger partial charge in [0.05, 0.1) is 25.0 Å². The van der Waals surface area contributed by atoms with Gasteiger partial charge in [-0.1, -0.05) is 5.21 Å². The van der Waals surface area contributed by atoms with Crippen molar-refractivity contribution in [3.05, 3.63) is 11.9 Å². The Morgan fingerprint density at radius 1 is 1.44 bits per heavy atom. The van der Waals surface area contributed by atoms with Crippen LogP contribution in [0.3, 0.4) is 0 Å². The first kappa shape index (κ1) is 13.1. The third-order valence-corrected chi connectivity index (χ3v) is 2.12. The molecule has 0 aliphatic heterocycles. The molecular weight excluding hydrogens is 208 g/mol. The van der Waals surface area contributed by atoms with Gasteiger partial charge < -0.3 is 15.2 Å². The lowest BCUT2D eigenvalue weighted by Gasteiger charge is -2.03. The molecule has 1 heterocycles. The van der Waals surface area contributed by atoms with E-state index in [0.29, 0.717) is 19.8 Å². The molecular formula is C10H20N4O2. The first-order valence-electron chi connectivity index (χ1n) is 5.46. The van der Waals surface area contributed by atoms with E-state index in [0.717, 1.165) is 18.7 Å². The van der Waals surface area contributed by atoms with Crippen molar-refractivity contribution in [2.75, 3.05) is 26.9 Å². The van der Waals surface area contributed by atoms with Gasteiger partial charge in [-0.15, -0.1) is 5.10 Å². The van der Waals surface area contributed by atoms with Crippen LogP contribution in [0, 0.1) is 0 Å². The van der Waals surface area contributed by atoms with Crippen molar-refractivity contribution in [1.82, 2.24) is 15.0 Å².